The normalized spacial score (nSPS) is 11.6. The van der Waals surface area contributed by atoms with Crippen LogP contribution in [0, 0.1) is 0 Å². The molecule has 1 aromatic rings. The van der Waals surface area contributed by atoms with Gasteiger partial charge in [-0.2, -0.15) is 0 Å². The summed E-state index contributed by atoms with van der Waals surface area (Å²) >= 11 is 0. The highest BCUT2D eigenvalue weighted by Crippen LogP contribution is 2.16. The van der Waals surface area contributed by atoms with Crippen molar-refractivity contribution in [3.8, 4) is 0 Å². The van der Waals surface area contributed by atoms with Gasteiger partial charge in [0.05, 0.1) is 5.75 Å². The van der Waals surface area contributed by atoms with E-state index in [9.17, 15) is 8.42 Å². The molecule has 0 aliphatic carbocycles. The van der Waals surface area contributed by atoms with E-state index < -0.39 is 9.84 Å². The monoisotopic (exact) mass is 298 g/mol. The molecule has 0 fully saturated rings. The zero-order chi connectivity index (χ0) is 15.0. The van der Waals surface area contributed by atoms with Gasteiger partial charge in [-0.15, -0.1) is 0 Å². The highest BCUT2D eigenvalue weighted by molar-refractivity contribution is 7.91. The van der Waals surface area contributed by atoms with Crippen molar-refractivity contribution in [2.24, 2.45) is 5.73 Å². The van der Waals surface area contributed by atoms with Gasteiger partial charge in [0.15, 0.2) is 0 Å². The molecule has 0 heterocycles. The molecule has 20 heavy (non-hydrogen) atoms. The van der Waals surface area contributed by atoms with Gasteiger partial charge in [-0.25, -0.2) is 8.42 Å². The zero-order valence-corrected chi connectivity index (χ0v) is 13.3. The quantitative estimate of drug-likeness (QED) is 0.759. The van der Waals surface area contributed by atoms with Crippen molar-refractivity contribution in [1.29, 1.82) is 0 Å². The number of anilines is 1. The second-order valence-electron chi connectivity index (χ2n) is 4.95. The maximum Gasteiger partial charge on any atom is 0.150 e. The number of sulfone groups is 1. The average Bonchev–Trinajstić information content (AvgIpc) is 2.46. The van der Waals surface area contributed by atoms with Crippen molar-refractivity contribution in [2.45, 2.75) is 33.2 Å². The van der Waals surface area contributed by atoms with E-state index in [0.29, 0.717) is 13.0 Å². The Labute approximate surface area is 122 Å². The Bertz CT molecular complexity index is 483. The van der Waals surface area contributed by atoms with Gasteiger partial charge in [0.1, 0.15) is 9.84 Å². The number of hydrogen-bond acceptors (Lipinski definition) is 4. The fourth-order valence-electron chi connectivity index (χ4n) is 2.10. The van der Waals surface area contributed by atoms with E-state index in [2.05, 4.69) is 24.0 Å². The molecular weight excluding hydrogens is 272 g/mol. The number of rotatable bonds is 9. The van der Waals surface area contributed by atoms with Crippen LogP contribution in [-0.4, -0.2) is 33.0 Å². The molecule has 0 aliphatic rings. The Morgan fingerprint density at radius 3 is 2.25 bits per heavy atom. The van der Waals surface area contributed by atoms with Crippen molar-refractivity contribution in [3.05, 3.63) is 29.8 Å². The molecule has 0 atom stereocenters. The van der Waals surface area contributed by atoms with Gasteiger partial charge in [-0.05, 0) is 30.5 Å². The summed E-state index contributed by atoms with van der Waals surface area (Å²) < 4.78 is 23.1. The molecule has 0 amide bonds. The van der Waals surface area contributed by atoms with Crippen LogP contribution in [-0.2, 0) is 16.4 Å². The van der Waals surface area contributed by atoms with Crippen LogP contribution in [0.2, 0.25) is 0 Å². The summed E-state index contributed by atoms with van der Waals surface area (Å²) in [5, 5.41) is 0. The maximum absolute atomic E-state index is 11.5. The van der Waals surface area contributed by atoms with Crippen LogP contribution in [0.3, 0.4) is 0 Å². The summed E-state index contributed by atoms with van der Waals surface area (Å²) in [6.45, 7) is 6.08. The number of benzene rings is 1. The molecule has 5 heteroatoms. The first-order valence-electron chi connectivity index (χ1n) is 7.26. The largest absolute Gasteiger partial charge is 0.372 e. The van der Waals surface area contributed by atoms with Crippen molar-refractivity contribution in [2.75, 3.05) is 29.5 Å². The van der Waals surface area contributed by atoms with Crippen LogP contribution in [0.25, 0.3) is 0 Å². The molecule has 114 valence electrons. The molecule has 2 N–H and O–H groups in total. The molecule has 1 aromatic carbocycles. The van der Waals surface area contributed by atoms with Crippen molar-refractivity contribution in [1.82, 2.24) is 0 Å². The van der Waals surface area contributed by atoms with Gasteiger partial charge < -0.3 is 10.6 Å². The van der Waals surface area contributed by atoms with Gasteiger partial charge in [-0.1, -0.05) is 26.0 Å². The maximum atomic E-state index is 11.5. The van der Waals surface area contributed by atoms with Gasteiger partial charge in [0.25, 0.3) is 0 Å². The second-order valence-corrected chi connectivity index (χ2v) is 7.42. The van der Waals surface area contributed by atoms with E-state index in [-0.39, 0.29) is 11.5 Å². The summed E-state index contributed by atoms with van der Waals surface area (Å²) in [4.78, 5) is 2.24. The van der Waals surface area contributed by atoms with Crippen LogP contribution < -0.4 is 10.6 Å². The van der Waals surface area contributed by atoms with Crippen LogP contribution in [0.15, 0.2) is 24.3 Å². The molecular formula is C15H26N2O2S. The third kappa shape index (κ3) is 5.51. The fraction of sp³-hybridized carbons (Fsp3) is 0.600. The molecule has 4 nitrogen and oxygen atoms in total. The standard InChI is InChI=1S/C15H26N2O2S/c1-3-10-17(11-5-12-20(18,19)4-2)15-8-6-14(13-16)7-9-15/h6-9H,3-5,10-13,16H2,1-2H3. The second kappa shape index (κ2) is 8.27. The Balaban J connectivity index is 2.63. The SMILES string of the molecule is CCCN(CCCS(=O)(=O)CC)c1ccc(CN)cc1. The smallest absolute Gasteiger partial charge is 0.150 e. The highest BCUT2D eigenvalue weighted by atomic mass is 32.2. The Morgan fingerprint density at radius 2 is 1.75 bits per heavy atom. The predicted octanol–water partition coefficient (Wildman–Crippen LogP) is 2.19. The lowest BCUT2D eigenvalue weighted by molar-refractivity contribution is 0.593. The van der Waals surface area contributed by atoms with E-state index in [4.69, 9.17) is 5.73 Å². The minimum atomic E-state index is -2.87. The number of nitrogens with two attached hydrogens (primary N) is 1. The highest BCUT2D eigenvalue weighted by Gasteiger charge is 2.10. The molecule has 1 rings (SSSR count). The van der Waals surface area contributed by atoms with E-state index in [1.54, 1.807) is 6.92 Å². The Morgan fingerprint density at radius 1 is 1.10 bits per heavy atom. The predicted molar refractivity (Wildman–Crippen MR) is 85.8 cm³/mol. The first-order chi connectivity index (χ1) is 9.52. The number of hydrogen-bond donors (Lipinski definition) is 1. The minimum absolute atomic E-state index is 0.228. The van der Waals surface area contributed by atoms with Crippen molar-refractivity contribution >= 4 is 15.5 Å². The van der Waals surface area contributed by atoms with Crippen LogP contribution >= 0.6 is 0 Å². The summed E-state index contributed by atoms with van der Waals surface area (Å²) in [5.74, 6) is 0.497. The van der Waals surface area contributed by atoms with Crippen LogP contribution in [0.4, 0.5) is 5.69 Å². The van der Waals surface area contributed by atoms with Gasteiger partial charge in [-0.3, -0.25) is 0 Å². The Kier molecular flexibility index (Phi) is 7.02. The van der Waals surface area contributed by atoms with Gasteiger partial charge in [0.2, 0.25) is 0 Å². The van der Waals surface area contributed by atoms with Gasteiger partial charge in [0, 0.05) is 31.1 Å². The summed E-state index contributed by atoms with van der Waals surface area (Å²) in [6.07, 6.45) is 1.72. The molecule has 0 saturated heterocycles. The van der Waals surface area contributed by atoms with E-state index in [1.165, 1.54) is 0 Å². The lowest BCUT2D eigenvalue weighted by atomic mass is 10.2. The van der Waals surface area contributed by atoms with E-state index in [0.717, 1.165) is 30.8 Å². The molecule has 0 bridgehead atoms. The lowest BCUT2D eigenvalue weighted by Gasteiger charge is -2.24. The van der Waals surface area contributed by atoms with Crippen LogP contribution in [0.1, 0.15) is 32.3 Å². The summed E-state index contributed by atoms with van der Waals surface area (Å²) in [7, 11) is -2.87. The molecule has 0 aromatic heterocycles. The van der Waals surface area contributed by atoms with Crippen molar-refractivity contribution in [3.63, 3.8) is 0 Å². The van der Waals surface area contributed by atoms with Crippen molar-refractivity contribution < 1.29 is 8.42 Å². The fourth-order valence-corrected chi connectivity index (χ4v) is 2.96. The summed E-state index contributed by atoms with van der Waals surface area (Å²) in [5.41, 5.74) is 7.84. The topological polar surface area (TPSA) is 63.4 Å². The zero-order valence-electron chi connectivity index (χ0n) is 12.5. The number of nitrogens with zero attached hydrogens (tertiary/aromatic N) is 1. The molecule has 0 aliphatic heterocycles. The van der Waals surface area contributed by atoms with Gasteiger partial charge >= 0.3 is 0 Å². The third-order valence-electron chi connectivity index (χ3n) is 3.35. The molecule has 0 saturated carbocycles. The molecule has 0 unspecified atom stereocenters. The Hall–Kier alpha value is -1.07. The first kappa shape index (κ1) is 17.0. The average molecular weight is 298 g/mol. The lowest BCUT2D eigenvalue weighted by Crippen LogP contribution is -2.27. The van der Waals surface area contributed by atoms with E-state index >= 15 is 0 Å². The van der Waals surface area contributed by atoms with E-state index in [1.807, 2.05) is 12.1 Å². The van der Waals surface area contributed by atoms with Crippen LogP contribution in [0.5, 0.6) is 0 Å². The minimum Gasteiger partial charge on any atom is -0.372 e. The third-order valence-corrected chi connectivity index (χ3v) is 5.14. The summed E-state index contributed by atoms with van der Waals surface area (Å²) in [6, 6.07) is 8.18. The molecule has 0 spiro atoms. The molecule has 0 radical (unpaired) electrons. The first-order valence-corrected chi connectivity index (χ1v) is 9.09.